The van der Waals surface area contributed by atoms with E-state index in [9.17, 15) is 9.18 Å². The van der Waals surface area contributed by atoms with Gasteiger partial charge in [-0.3, -0.25) is 4.90 Å². The van der Waals surface area contributed by atoms with Gasteiger partial charge in [-0.2, -0.15) is 5.10 Å². The largest absolute Gasteiger partial charge is 0.454 e. The van der Waals surface area contributed by atoms with Gasteiger partial charge >= 0.3 is 6.09 Å². The molecule has 184 valence electrons. The molecule has 1 spiro atoms. The quantitative estimate of drug-likeness (QED) is 0.521. The van der Waals surface area contributed by atoms with Gasteiger partial charge in [0.15, 0.2) is 11.5 Å². The van der Waals surface area contributed by atoms with Gasteiger partial charge in [-0.05, 0) is 55.9 Å². The maximum atomic E-state index is 14.0. The first-order valence-corrected chi connectivity index (χ1v) is 11.5. The Balaban J connectivity index is 0.00000253. The van der Waals surface area contributed by atoms with Gasteiger partial charge in [-0.15, -0.1) is 12.4 Å². The van der Waals surface area contributed by atoms with Crippen LogP contribution in [-0.4, -0.2) is 41.4 Å². The summed E-state index contributed by atoms with van der Waals surface area (Å²) in [6.45, 7) is 1.51. The van der Waals surface area contributed by atoms with Crippen molar-refractivity contribution in [1.82, 2.24) is 9.78 Å². The molecule has 3 aliphatic rings. The van der Waals surface area contributed by atoms with Crippen molar-refractivity contribution in [2.24, 2.45) is 5.92 Å². The normalized spacial score (nSPS) is 22.7. The Bertz CT molecular complexity index is 1230. The minimum absolute atomic E-state index is 0. The van der Waals surface area contributed by atoms with E-state index in [0.717, 1.165) is 37.9 Å². The van der Waals surface area contributed by atoms with Crippen molar-refractivity contribution < 1.29 is 23.4 Å². The number of benzene rings is 2. The van der Waals surface area contributed by atoms with Crippen molar-refractivity contribution in [3.8, 4) is 17.2 Å². The number of hydrogen-bond acceptors (Lipinski definition) is 6. The highest BCUT2D eigenvalue weighted by Crippen LogP contribution is 2.43. The van der Waals surface area contributed by atoms with Crippen LogP contribution < -0.4 is 19.7 Å². The van der Waals surface area contributed by atoms with E-state index in [0.29, 0.717) is 35.5 Å². The van der Waals surface area contributed by atoms with Crippen LogP contribution in [0.15, 0.2) is 54.7 Å². The van der Waals surface area contributed by atoms with Crippen molar-refractivity contribution in [2.75, 3.05) is 30.1 Å². The minimum Gasteiger partial charge on any atom is -0.454 e. The molecule has 3 heterocycles. The van der Waals surface area contributed by atoms with Crippen molar-refractivity contribution in [2.45, 2.75) is 31.3 Å². The monoisotopic (exact) mass is 500 g/mol. The Morgan fingerprint density at radius 3 is 2.71 bits per heavy atom. The molecular formula is C25H26ClFN4O4. The predicted molar refractivity (Wildman–Crippen MR) is 130 cm³/mol. The molecule has 0 atom stereocenters. The summed E-state index contributed by atoms with van der Waals surface area (Å²) in [5.74, 6) is 2.19. The van der Waals surface area contributed by atoms with Gasteiger partial charge in [-0.1, -0.05) is 12.1 Å². The molecule has 0 unspecified atom stereocenters. The molecule has 6 rings (SSSR count). The lowest BCUT2D eigenvalue weighted by molar-refractivity contribution is 0.0148. The number of para-hydroxylation sites is 1. The number of aromatic nitrogens is 2. The number of hydrogen-bond donors (Lipinski definition) is 1. The molecule has 10 heteroatoms. The molecule has 2 fully saturated rings. The van der Waals surface area contributed by atoms with Crippen LogP contribution in [0, 0.1) is 11.7 Å². The van der Waals surface area contributed by atoms with Gasteiger partial charge < -0.3 is 19.5 Å². The zero-order valence-electron chi connectivity index (χ0n) is 19.0. The maximum Gasteiger partial charge on any atom is 0.415 e. The van der Waals surface area contributed by atoms with Gasteiger partial charge in [0, 0.05) is 24.9 Å². The van der Waals surface area contributed by atoms with E-state index in [1.54, 1.807) is 29.3 Å². The Kier molecular flexibility index (Phi) is 6.19. The first-order chi connectivity index (χ1) is 16.6. The topological polar surface area (TPSA) is 77.9 Å². The van der Waals surface area contributed by atoms with Crippen molar-refractivity contribution in [3.05, 3.63) is 60.5 Å². The predicted octanol–water partition coefficient (Wildman–Crippen LogP) is 5.16. The van der Waals surface area contributed by atoms with E-state index in [4.69, 9.17) is 14.2 Å². The maximum absolute atomic E-state index is 14.0. The SMILES string of the molecule is Cl.O=C1O[C@]2(CC[C@H](CNc3ccn(-c4ccccc4F)n3)CC2)CN1c1ccc2c(c1)OCO2. The van der Waals surface area contributed by atoms with Crippen molar-refractivity contribution in [3.63, 3.8) is 0 Å². The van der Waals surface area contributed by atoms with E-state index in [-0.39, 0.29) is 31.1 Å². The molecule has 1 amide bonds. The third kappa shape index (κ3) is 4.48. The number of carbonyl (C=O) groups is 1. The Morgan fingerprint density at radius 1 is 1.09 bits per heavy atom. The van der Waals surface area contributed by atoms with Crippen LogP contribution in [0.5, 0.6) is 11.5 Å². The molecule has 35 heavy (non-hydrogen) atoms. The molecule has 8 nitrogen and oxygen atoms in total. The summed E-state index contributed by atoms with van der Waals surface area (Å²) in [6, 6.07) is 13.9. The molecule has 2 aliphatic heterocycles. The van der Waals surface area contributed by atoms with Gasteiger partial charge in [0.05, 0.1) is 12.2 Å². The summed E-state index contributed by atoms with van der Waals surface area (Å²) in [5, 5.41) is 7.82. The third-order valence-electron chi connectivity index (χ3n) is 6.91. The molecule has 1 N–H and O–H groups in total. The highest BCUT2D eigenvalue weighted by atomic mass is 35.5. The number of amides is 1. The number of carbonyl (C=O) groups excluding carboxylic acids is 1. The van der Waals surface area contributed by atoms with Gasteiger partial charge in [-0.25, -0.2) is 13.9 Å². The van der Waals surface area contributed by atoms with Crippen LogP contribution in [0.4, 0.5) is 20.7 Å². The number of nitrogens with one attached hydrogen (secondary N) is 1. The Hall–Kier alpha value is -3.46. The molecule has 0 radical (unpaired) electrons. The zero-order chi connectivity index (χ0) is 23.1. The standard InChI is InChI=1S/C25H25FN4O4.ClH/c26-19-3-1-2-4-20(19)30-12-9-23(28-30)27-14-17-7-10-25(11-8-17)15-29(24(31)34-25)18-5-6-21-22(13-18)33-16-32-21;/h1-6,9,12-13,17H,7-8,10-11,14-16H2,(H,27,28);1H/t17-,25-;. The summed E-state index contributed by atoms with van der Waals surface area (Å²) < 4.78 is 32.2. The second kappa shape index (κ2) is 9.30. The molecule has 3 aromatic rings. The summed E-state index contributed by atoms with van der Waals surface area (Å²) in [6.07, 6.45) is 4.96. The highest BCUT2D eigenvalue weighted by Gasteiger charge is 2.47. The lowest BCUT2D eigenvalue weighted by atomic mass is 9.78. The van der Waals surface area contributed by atoms with Crippen molar-refractivity contribution in [1.29, 1.82) is 0 Å². The van der Waals surface area contributed by atoms with E-state index in [1.807, 2.05) is 24.3 Å². The smallest absolute Gasteiger partial charge is 0.415 e. The van der Waals surface area contributed by atoms with Gasteiger partial charge in [0.2, 0.25) is 6.79 Å². The number of fused-ring (bicyclic) bond motifs is 1. The second-order valence-corrected chi connectivity index (χ2v) is 9.10. The highest BCUT2D eigenvalue weighted by molar-refractivity contribution is 5.90. The van der Waals surface area contributed by atoms with E-state index < -0.39 is 5.60 Å². The number of ether oxygens (including phenoxy) is 3. The number of nitrogens with zero attached hydrogens (tertiary/aromatic N) is 3. The van der Waals surface area contributed by atoms with Crippen LogP contribution in [0.2, 0.25) is 0 Å². The average molecular weight is 501 g/mol. The molecule has 1 saturated heterocycles. The fourth-order valence-corrected chi connectivity index (χ4v) is 4.98. The zero-order valence-corrected chi connectivity index (χ0v) is 19.8. The average Bonchev–Trinajstić information content (AvgIpc) is 3.58. The molecule has 1 aromatic heterocycles. The summed E-state index contributed by atoms with van der Waals surface area (Å²) in [7, 11) is 0. The molecule has 1 saturated carbocycles. The van der Waals surface area contributed by atoms with E-state index in [1.165, 1.54) is 10.7 Å². The summed E-state index contributed by atoms with van der Waals surface area (Å²) in [5.41, 5.74) is 0.738. The lowest BCUT2D eigenvalue weighted by Crippen LogP contribution is -2.39. The van der Waals surface area contributed by atoms with Gasteiger partial charge in [0.25, 0.3) is 0 Å². The fraction of sp³-hybridized carbons (Fsp3) is 0.360. The molecule has 1 aliphatic carbocycles. The number of rotatable bonds is 5. The number of anilines is 2. The number of halogens is 2. The molecular weight excluding hydrogens is 475 g/mol. The van der Waals surface area contributed by atoms with Crippen LogP contribution in [0.3, 0.4) is 0 Å². The van der Waals surface area contributed by atoms with E-state index in [2.05, 4.69) is 10.4 Å². The molecule has 2 aromatic carbocycles. The first kappa shape index (κ1) is 23.3. The summed E-state index contributed by atoms with van der Waals surface area (Å²) >= 11 is 0. The second-order valence-electron chi connectivity index (χ2n) is 9.10. The molecule has 0 bridgehead atoms. The first-order valence-electron chi connectivity index (χ1n) is 11.5. The Morgan fingerprint density at radius 2 is 1.89 bits per heavy atom. The lowest BCUT2D eigenvalue weighted by Gasteiger charge is -2.35. The minimum atomic E-state index is -0.448. The van der Waals surface area contributed by atoms with Gasteiger partial charge in [0.1, 0.15) is 22.9 Å². The van der Waals surface area contributed by atoms with Crippen LogP contribution in [0.25, 0.3) is 5.69 Å². The van der Waals surface area contributed by atoms with Crippen LogP contribution in [-0.2, 0) is 4.74 Å². The van der Waals surface area contributed by atoms with Crippen molar-refractivity contribution >= 4 is 30.0 Å². The third-order valence-corrected chi connectivity index (χ3v) is 6.91. The summed E-state index contributed by atoms with van der Waals surface area (Å²) in [4.78, 5) is 14.4. The van der Waals surface area contributed by atoms with Crippen LogP contribution >= 0.6 is 12.4 Å². The fourth-order valence-electron chi connectivity index (χ4n) is 4.98. The van der Waals surface area contributed by atoms with E-state index >= 15 is 0 Å². The van der Waals surface area contributed by atoms with Crippen LogP contribution in [0.1, 0.15) is 25.7 Å². The Labute approximate surface area is 208 Å².